The Bertz CT molecular complexity index is 431. The Hall–Kier alpha value is -1.40. The van der Waals surface area contributed by atoms with E-state index >= 15 is 0 Å². The fourth-order valence-electron chi connectivity index (χ4n) is 0.830. The van der Waals surface area contributed by atoms with Gasteiger partial charge in [-0.05, 0) is 0 Å². The third-order valence-corrected chi connectivity index (χ3v) is 3.00. The highest BCUT2D eigenvalue weighted by atomic mass is 32.2. The van der Waals surface area contributed by atoms with Crippen molar-refractivity contribution in [1.82, 2.24) is 10.0 Å². The fourth-order valence-corrected chi connectivity index (χ4v) is 1.91. The molecule has 1 aliphatic rings. The number of halogens is 3. The summed E-state index contributed by atoms with van der Waals surface area (Å²) in [5.74, 6) is -4.95. The zero-order chi connectivity index (χ0) is 15.3. The number of rotatable bonds is 4. The standard InChI is InChI=1S/C5H10N2O4S.C2HF3O2/c8-5(9)3-12(10,11)7-4-1-6-2-4;3-2(4,5)1(6)7/h4,6-7H,1-3H2,(H,8,9);(H,6,7). The van der Waals surface area contributed by atoms with E-state index in [9.17, 15) is 26.4 Å². The highest BCUT2D eigenvalue weighted by Gasteiger charge is 2.38. The van der Waals surface area contributed by atoms with Crippen molar-refractivity contribution in [2.45, 2.75) is 12.2 Å². The Morgan fingerprint density at radius 2 is 1.68 bits per heavy atom. The van der Waals surface area contributed by atoms with Crippen LogP contribution in [-0.4, -0.2) is 61.6 Å². The lowest BCUT2D eigenvalue weighted by molar-refractivity contribution is -0.192. The van der Waals surface area contributed by atoms with E-state index in [2.05, 4.69) is 10.0 Å². The van der Waals surface area contributed by atoms with Crippen molar-refractivity contribution in [2.75, 3.05) is 18.8 Å². The van der Waals surface area contributed by atoms with Crippen LogP contribution in [0.2, 0.25) is 0 Å². The first-order valence-electron chi connectivity index (χ1n) is 4.66. The van der Waals surface area contributed by atoms with Crippen LogP contribution in [0.5, 0.6) is 0 Å². The number of nitrogens with one attached hydrogen (secondary N) is 2. The minimum absolute atomic E-state index is 0.144. The van der Waals surface area contributed by atoms with Crippen molar-refractivity contribution in [3.8, 4) is 0 Å². The molecule has 0 aliphatic carbocycles. The number of aliphatic carboxylic acids is 2. The zero-order valence-corrected chi connectivity index (χ0v) is 10.1. The first-order valence-corrected chi connectivity index (χ1v) is 6.32. The SMILES string of the molecule is O=C(O)C(F)(F)F.O=C(O)CS(=O)(=O)NC1CNC1. The number of hydrogen-bond acceptors (Lipinski definition) is 5. The monoisotopic (exact) mass is 308 g/mol. The van der Waals surface area contributed by atoms with E-state index in [1.165, 1.54) is 0 Å². The van der Waals surface area contributed by atoms with Gasteiger partial charge in [-0.3, -0.25) is 4.79 Å². The van der Waals surface area contributed by atoms with Crippen LogP contribution >= 0.6 is 0 Å². The van der Waals surface area contributed by atoms with Gasteiger partial charge in [0.05, 0.1) is 0 Å². The second kappa shape index (κ2) is 6.68. The predicted molar refractivity (Wildman–Crippen MR) is 54.9 cm³/mol. The van der Waals surface area contributed by atoms with Crippen molar-refractivity contribution >= 4 is 22.0 Å². The molecule has 19 heavy (non-hydrogen) atoms. The molecule has 0 radical (unpaired) electrons. The van der Waals surface area contributed by atoms with Crippen LogP contribution in [0.3, 0.4) is 0 Å². The van der Waals surface area contributed by atoms with Gasteiger partial charge in [-0.25, -0.2) is 17.9 Å². The van der Waals surface area contributed by atoms with Crippen LogP contribution in [0.15, 0.2) is 0 Å². The van der Waals surface area contributed by atoms with Crippen LogP contribution in [0.1, 0.15) is 0 Å². The maximum Gasteiger partial charge on any atom is 0.490 e. The zero-order valence-electron chi connectivity index (χ0n) is 9.27. The fraction of sp³-hybridized carbons (Fsp3) is 0.714. The quantitative estimate of drug-likeness (QED) is 0.502. The smallest absolute Gasteiger partial charge is 0.480 e. The van der Waals surface area contributed by atoms with Crippen molar-refractivity contribution < 1.29 is 41.4 Å². The van der Waals surface area contributed by atoms with E-state index in [0.717, 1.165) is 0 Å². The predicted octanol–water partition coefficient (Wildman–Crippen LogP) is -1.40. The molecule has 0 aromatic rings. The Kier molecular flexibility index (Phi) is 6.18. The largest absolute Gasteiger partial charge is 0.490 e. The molecular formula is C7H11F3N2O6S. The van der Waals surface area contributed by atoms with Crippen LogP contribution < -0.4 is 10.0 Å². The van der Waals surface area contributed by atoms with Crippen LogP contribution in [-0.2, 0) is 19.6 Å². The minimum Gasteiger partial charge on any atom is -0.480 e. The Balaban J connectivity index is 0.000000399. The van der Waals surface area contributed by atoms with E-state index in [4.69, 9.17) is 15.0 Å². The van der Waals surface area contributed by atoms with Gasteiger partial charge in [0.25, 0.3) is 0 Å². The summed E-state index contributed by atoms with van der Waals surface area (Å²) in [6, 6.07) is -0.144. The van der Waals surface area contributed by atoms with Crippen molar-refractivity contribution in [2.24, 2.45) is 0 Å². The summed E-state index contributed by atoms with van der Waals surface area (Å²) in [6.45, 7) is 1.14. The molecule has 0 atom stereocenters. The Morgan fingerprint density at radius 3 is 1.89 bits per heavy atom. The number of hydrogen-bond donors (Lipinski definition) is 4. The maximum atomic E-state index is 10.9. The molecule has 1 aliphatic heterocycles. The van der Waals surface area contributed by atoms with E-state index in [1.807, 2.05) is 0 Å². The topological polar surface area (TPSA) is 133 Å². The summed E-state index contributed by atoms with van der Waals surface area (Å²) in [4.78, 5) is 19.0. The molecule has 0 aromatic carbocycles. The Morgan fingerprint density at radius 1 is 1.26 bits per heavy atom. The summed E-state index contributed by atoms with van der Waals surface area (Å²) in [5, 5.41) is 18.2. The molecule has 0 spiro atoms. The summed E-state index contributed by atoms with van der Waals surface area (Å²) < 4.78 is 55.8. The third-order valence-electron chi connectivity index (χ3n) is 1.68. The highest BCUT2D eigenvalue weighted by Crippen LogP contribution is 2.13. The summed E-state index contributed by atoms with van der Waals surface area (Å²) in [6.07, 6.45) is -5.08. The lowest BCUT2D eigenvalue weighted by Crippen LogP contribution is -2.57. The number of carbonyl (C=O) groups is 2. The normalized spacial score (nSPS) is 15.9. The van der Waals surface area contributed by atoms with Crippen molar-refractivity contribution in [3.63, 3.8) is 0 Å². The molecule has 4 N–H and O–H groups in total. The first kappa shape index (κ1) is 17.6. The van der Waals surface area contributed by atoms with Crippen LogP contribution in [0.4, 0.5) is 13.2 Å². The molecule has 1 rings (SSSR count). The number of alkyl halides is 3. The van der Waals surface area contributed by atoms with Crippen LogP contribution in [0, 0.1) is 0 Å². The molecule has 8 nitrogen and oxygen atoms in total. The molecule has 0 amide bonds. The van der Waals surface area contributed by atoms with Gasteiger partial charge in [-0.2, -0.15) is 13.2 Å². The van der Waals surface area contributed by atoms with Crippen molar-refractivity contribution in [3.05, 3.63) is 0 Å². The molecule has 0 unspecified atom stereocenters. The highest BCUT2D eigenvalue weighted by molar-refractivity contribution is 7.90. The molecule has 0 aromatic heterocycles. The van der Waals surface area contributed by atoms with E-state index in [1.54, 1.807) is 0 Å². The van der Waals surface area contributed by atoms with Gasteiger partial charge in [0.2, 0.25) is 10.0 Å². The van der Waals surface area contributed by atoms with Gasteiger partial charge in [0, 0.05) is 19.1 Å². The average molecular weight is 308 g/mol. The van der Waals surface area contributed by atoms with Crippen molar-refractivity contribution in [1.29, 1.82) is 0 Å². The number of carboxylic acids is 2. The summed E-state index contributed by atoms with van der Waals surface area (Å²) in [5.41, 5.74) is 0. The number of sulfonamides is 1. The molecule has 12 heteroatoms. The second-order valence-corrected chi connectivity index (χ2v) is 5.18. The van der Waals surface area contributed by atoms with Crippen LogP contribution in [0.25, 0.3) is 0 Å². The van der Waals surface area contributed by atoms with E-state index < -0.39 is 33.9 Å². The molecule has 0 bridgehead atoms. The summed E-state index contributed by atoms with van der Waals surface area (Å²) >= 11 is 0. The van der Waals surface area contributed by atoms with Gasteiger partial charge >= 0.3 is 18.1 Å². The van der Waals surface area contributed by atoms with Gasteiger partial charge in [-0.1, -0.05) is 0 Å². The minimum atomic E-state index is -5.08. The molecule has 1 heterocycles. The first-order chi connectivity index (χ1) is 8.44. The van der Waals surface area contributed by atoms with Gasteiger partial charge in [0.1, 0.15) is 0 Å². The average Bonchev–Trinajstić information content (AvgIpc) is 2.09. The third kappa shape index (κ3) is 8.34. The maximum absolute atomic E-state index is 10.9. The second-order valence-electron chi connectivity index (χ2n) is 3.43. The Labute approximate surface area is 105 Å². The lowest BCUT2D eigenvalue weighted by atomic mass is 10.2. The molecular weight excluding hydrogens is 297 g/mol. The molecule has 0 saturated carbocycles. The lowest BCUT2D eigenvalue weighted by Gasteiger charge is -2.27. The molecule has 1 saturated heterocycles. The van der Waals surface area contributed by atoms with Gasteiger partial charge in [0.15, 0.2) is 5.75 Å². The molecule has 112 valence electrons. The summed E-state index contributed by atoms with van der Waals surface area (Å²) in [7, 11) is -3.63. The van der Waals surface area contributed by atoms with E-state index in [0.29, 0.717) is 13.1 Å². The molecule has 1 fully saturated rings. The number of carboxylic acid groups (broad SMARTS) is 2. The van der Waals surface area contributed by atoms with E-state index in [-0.39, 0.29) is 6.04 Å². The van der Waals surface area contributed by atoms with Gasteiger partial charge < -0.3 is 15.5 Å². The van der Waals surface area contributed by atoms with Gasteiger partial charge in [-0.15, -0.1) is 0 Å².